The van der Waals surface area contributed by atoms with Crippen LogP contribution in [0, 0.1) is 6.92 Å². The first-order chi connectivity index (χ1) is 16.3. The van der Waals surface area contributed by atoms with E-state index in [-0.39, 0.29) is 19.4 Å². The average Bonchev–Trinajstić information content (AvgIpc) is 2.84. The standard InChI is InChI=1S/C25H32F3N5O.CH4/c1-19-2-5-22(6-3-19)32-16-14-31(15-17-32)11-10-24(34)30-21-8-12-33(13-9-21)23-7-4-20(18-29-23)25(26,27)28;/h2-7,18,21H,8-17H2,1H3,(H,30,34);1H4. The number of alkyl halides is 3. The minimum atomic E-state index is -4.38. The van der Waals surface area contributed by atoms with Crippen LogP contribution in [0.25, 0.3) is 0 Å². The molecule has 1 aromatic carbocycles. The lowest BCUT2D eigenvalue weighted by molar-refractivity contribution is -0.137. The molecule has 2 aliphatic rings. The minimum Gasteiger partial charge on any atom is -0.369 e. The number of piperidine rings is 1. The van der Waals surface area contributed by atoms with Gasteiger partial charge in [0.25, 0.3) is 0 Å². The molecule has 9 heteroatoms. The number of piperazine rings is 1. The summed E-state index contributed by atoms with van der Waals surface area (Å²) < 4.78 is 38.2. The van der Waals surface area contributed by atoms with Crippen LogP contribution in [0.1, 0.15) is 37.8 Å². The minimum absolute atomic E-state index is 0. The Morgan fingerprint density at radius 1 is 0.971 bits per heavy atom. The van der Waals surface area contributed by atoms with Crippen molar-refractivity contribution >= 4 is 17.4 Å². The van der Waals surface area contributed by atoms with Crippen molar-refractivity contribution in [1.29, 1.82) is 0 Å². The van der Waals surface area contributed by atoms with Gasteiger partial charge in [0, 0.05) is 70.2 Å². The van der Waals surface area contributed by atoms with Crippen molar-refractivity contribution in [2.75, 3.05) is 55.6 Å². The van der Waals surface area contributed by atoms with E-state index in [1.54, 1.807) is 0 Å². The van der Waals surface area contributed by atoms with E-state index in [0.29, 0.717) is 25.3 Å². The van der Waals surface area contributed by atoms with Gasteiger partial charge in [-0.3, -0.25) is 9.69 Å². The maximum absolute atomic E-state index is 12.7. The molecule has 1 N–H and O–H groups in total. The molecule has 2 fully saturated rings. The van der Waals surface area contributed by atoms with Gasteiger partial charge >= 0.3 is 6.18 Å². The van der Waals surface area contributed by atoms with Gasteiger partial charge in [-0.25, -0.2) is 4.98 Å². The molecule has 2 saturated heterocycles. The third-order valence-electron chi connectivity index (χ3n) is 6.69. The highest BCUT2D eigenvalue weighted by Gasteiger charge is 2.31. The van der Waals surface area contributed by atoms with Gasteiger partial charge in [0.15, 0.2) is 0 Å². The molecule has 1 amide bonds. The summed E-state index contributed by atoms with van der Waals surface area (Å²) in [6.07, 6.45) is -1.51. The highest BCUT2D eigenvalue weighted by atomic mass is 19.4. The number of aromatic nitrogens is 1. The first kappa shape index (κ1) is 26.8. The number of rotatable bonds is 6. The quantitative estimate of drug-likeness (QED) is 0.652. The molecule has 0 radical (unpaired) electrons. The van der Waals surface area contributed by atoms with Crippen LogP contribution >= 0.6 is 0 Å². The molecular formula is C26H36F3N5O. The maximum atomic E-state index is 12.7. The third-order valence-corrected chi connectivity index (χ3v) is 6.69. The zero-order chi connectivity index (χ0) is 24.1. The fourth-order valence-corrected chi connectivity index (χ4v) is 4.54. The summed E-state index contributed by atoms with van der Waals surface area (Å²) in [5.74, 6) is 0.606. The zero-order valence-electron chi connectivity index (χ0n) is 19.5. The Labute approximate surface area is 206 Å². The first-order valence-electron chi connectivity index (χ1n) is 11.9. The van der Waals surface area contributed by atoms with Crippen LogP contribution in [0.15, 0.2) is 42.6 Å². The third kappa shape index (κ3) is 7.34. The number of anilines is 2. The predicted molar refractivity (Wildman–Crippen MR) is 134 cm³/mol. The van der Waals surface area contributed by atoms with E-state index < -0.39 is 11.7 Å². The van der Waals surface area contributed by atoms with Gasteiger partial charge in [0.05, 0.1) is 5.56 Å². The number of nitrogens with zero attached hydrogens (tertiary/aromatic N) is 4. The molecule has 4 rings (SSSR count). The fourth-order valence-electron chi connectivity index (χ4n) is 4.54. The van der Waals surface area contributed by atoms with E-state index in [0.717, 1.165) is 57.8 Å². The van der Waals surface area contributed by atoms with Crippen molar-refractivity contribution in [3.05, 3.63) is 53.7 Å². The average molecular weight is 492 g/mol. The summed E-state index contributed by atoms with van der Waals surface area (Å²) in [5.41, 5.74) is 1.77. The number of carbonyl (C=O) groups is 1. The van der Waals surface area contributed by atoms with Crippen molar-refractivity contribution in [2.45, 2.75) is 45.8 Å². The topological polar surface area (TPSA) is 51.7 Å². The molecule has 0 aliphatic carbocycles. The van der Waals surface area contributed by atoms with E-state index in [1.807, 2.05) is 4.90 Å². The smallest absolute Gasteiger partial charge is 0.369 e. The van der Waals surface area contributed by atoms with E-state index in [2.05, 4.69) is 51.3 Å². The van der Waals surface area contributed by atoms with Gasteiger partial charge in [0.2, 0.25) is 5.91 Å². The second-order valence-corrected chi connectivity index (χ2v) is 9.15. The van der Waals surface area contributed by atoms with Crippen LogP contribution in [-0.2, 0) is 11.0 Å². The Hall–Kier alpha value is -2.81. The molecule has 0 atom stereocenters. The van der Waals surface area contributed by atoms with Crippen molar-refractivity contribution in [3.8, 4) is 0 Å². The number of benzene rings is 1. The van der Waals surface area contributed by atoms with Gasteiger partial charge < -0.3 is 15.1 Å². The fraction of sp³-hybridized carbons (Fsp3) is 0.538. The Kier molecular flexibility index (Phi) is 8.99. The van der Waals surface area contributed by atoms with Crippen LogP contribution in [0.5, 0.6) is 0 Å². The molecule has 35 heavy (non-hydrogen) atoms. The molecule has 0 unspecified atom stereocenters. The molecule has 0 spiro atoms. The van der Waals surface area contributed by atoms with E-state index in [4.69, 9.17) is 0 Å². The predicted octanol–water partition coefficient (Wildman–Crippen LogP) is 4.34. The van der Waals surface area contributed by atoms with Crippen LogP contribution in [0.4, 0.5) is 24.7 Å². The molecule has 0 saturated carbocycles. The highest BCUT2D eigenvalue weighted by Crippen LogP contribution is 2.29. The SMILES string of the molecule is C.Cc1ccc(N2CCN(CCC(=O)NC3CCN(c4ccc(C(F)(F)F)cn4)CC3)CC2)cc1. The largest absolute Gasteiger partial charge is 0.417 e. The summed E-state index contributed by atoms with van der Waals surface area (Å²) in [4.78, 5) is 23.1. The van der Waals surface area contributed by atoms with Crippen molar-refractivity contribution in [1.82, 2.24) is 15.2 Å². The Balaban J connectivity index is 0.00000342. The van der Waals surface area contributed by atoms with Crippen molar-refractivity contribution in [2.24, 2.45) is 0 Å². The van der Waals surface area contributed by atoms with Gasteiger partial charge in [-0.05, 0) is 44.0 Å². The molecule has 192 valence electrons. The Bertz CT molecular complexity index is 933. The van der Waals surface area contributed by atoms with Crippen LogP contribution < -0.4 is 15.1 Å². The molecule has 2 aromatic rings. The van der Waals surface area contributed by atoms with Crippen LogP contribution in [0.2, 0.25) is 0 Å². The second kappa shape index (κ2) is 11.7. The molecular weight excluding hydrogens is 455 g/mol. The lowest BCUT2D eigenvalue weighted by Gasteiger charge is -2.36. The summed E-state index contributed by atoms with van der Waals surface area (Å²) in [6.45, 7) is 7.96. The van der Waals surface area contributed by atoms with Crippen LogP contribution in [0.3, 0.4) is 0 Å². The molecule has 0 bridgehead atoms. The van der Waals surface area contributed by atoms with Gasteiger partial charge in [0.1, 0.15) is 5.82 Å². The van der Waals surface area contributed by atoms with Gasteiger partial charge in [-0.2, -0.15) is 13.2 Å². The Morgan fingerprint density at radius 3 is 2.20 bits per heavy atom. The number of carbonyl (C=O) groups excluding carboxylic acids is 1. The molecule has 2 aliphatic heterocycles. The summed E-state index contributed by atoms with van der Waals surface area (Å²) in [6, 6.07) is 11.2. The lowest BCUT2D eigenvalue weighted by Crippen LogP contribution is -2.48. The van der Waals surface area contributed by atoms with Gasteiger partial charge in [-0.15, -0.1) is 0 Å². The van der Waals surface area contributed by atoms with E-state index >= 15 is 0 Å². The number of aryl methyl sites for hydroxylation is 1. The monoisotopic (exact) mass is 491 g/mol. The highest BCUT2D eigenvalue weighted by molar-refractivity contribution is 5.76. The second-order valence-electron chi connectivity index (χ2n) is 9.15. The molecule has 6 nitrogen and oxygen atoms in total. The number of pyridine rings is 1. The van der Waals surface area contributed by atoms with Gasteiger partial charge in [-0.1, -0.05) is 25.1 Å². The number of nitrogens with one attached hydrogen (secondary N) is 1. The number of amides is 1. The lowest BCUT2D eigenvalue weighted by atomic mass is 10.0. The zero-order valence-corrected chi connectivity index (χ0v) is 19.5. The maximum Gasteiger partial charge on any atom is 0.417 e. The summed E-state index contributed by atoms with van der Waals surface area (Å²) >= 11 is 0. The van der Waals surface area contributed by atoms with Crippen molar-refractivity contribution < 1.29 is 18.0 Å². The molecule has 3 heterocycles. The van der Waals surface area contributed by atoms with E-state index in [9.17, 15) is 18.0 Å². The Morgan fingerprint density at radius 2 is 1.63 bits per heavy atom. The summed E-state index contributed by atoms with van der Waals surface area (Å²) in [7, 11) is 0. The molecule has 1 aromatic heterocycles. The van der Waals surface area contributed by atoms with E-state index in [1.165, 1.54) is 17.3 Å². The first-order valence-corrected chi connectivity index (χ1v) is 11.9. The number of hydrogen-bond donors (Lipinski definition) is 1. The summed E-state index contributed by atoms with van der Waals surface area (Å²) in [5, 5.41) is 3.13. The van der Waals surface area contributed by atoms with Crippen LogP contribution in [-0.4, -0.2) is 67.6 Å². The number of halogens is 3. The normalized spacial score (nSPS) is 17.7. The van der Waals surface area contributed by atoms with Crippen molar-refractivity contribution in [3.63, 3.8) is 0 Å². The number of hydrogen-bond acceptors (Lipinski definition) is 5.